The summed E-state index contributed by atoms with van der Waals surface area (Å²) in [5.74, 6) is 0.620. The molecule has 1 saturated carbocycles. The molecular formula is C15H22N2O. The van der Waals surface area contributed by atoms with Crippen LogP contribution in [0.3, 0.4) is 0 Å². The van der Waals surface area contributed by atoms with Gasteiger partial charge in [-0.25, -0.2) is 0 Å². The van der Waals surface area contributed by atoms with Crippen molar-refractivity contribution in [2.24, 2.45) is 11.7 Å². The van der Waals surface area contributed by atoms with Gasteiger partial charge in [0.25, 0.3) is 5.56 Å². The zero-order chi connectivity index (χ0) is 12.5. The molecule has 1 aromatic heterocycles. The Bertz CT molecular complexity index is 486. The van der Waals surface area contributed by atoms with Gasteiger partial charge in [-0.2, -0.15) is 0 Å². The van der Waals surface area contributed by atoms with Crippen LogP contribution in [-0.4, -0.2) is 10.6 Å². The molecule has 3 heteroatoms. The van der Waals surface area contributed by atoms with E-state index >= 15 is 0 Å². The summed E-state index contributed by atoms with van der Waals surface area (Å²) in [5, 5.41) is 0. The molecule has 2 N–H and O–H groups in total. The minimum absolute atomic E-state index is 0.129. The maximum absolute atomic E-state index is 12.0. The normalized spacial score (nSPS) is 21.2. The average molecular weight is 246 g/mol. The Morgan fingerprint density at radius 3 is 2.78 bits per heavy atom. The van der Waals surface area contributed by atoms with Crippen molar-refractivity contribution in [1.29, 1.82) is 0 Å². The van der Waals surface area contributed by atoms with Crippen molar-refractivity contribution in [3.8, 4) is 0 Å². The van der Waals surface area contributed by atoms with Gasteiger partial charge in [0, 0.05) is 24.3 Å². The van der Waals surface area contributed by atoms with Gasteiger partial charge in [-0.1, -0.05) is 18.9 Å². The van der Waals surface area contributed by atoms with E-state index in [1.807, 2.05) is 10.6 Å². The molecule has 1 unspecified atom stereocenters. The summed E-state index contributed by atoms with van der Waals surface area (Å²) in [6.45, 7) is 0.715. The number of aryl methyl sites for hydroxylation is 1. The highest BCUT2D eigenvalue weighted by atomic mass is 16.1. The van der Waals surface area contributed by atoms with Crippen molar-refractivity contribution in [2.75, 3.05) is 0 Å². The van der Waals surface area contributed by atoms with Crippen LogP contribution in [0.5, 0.6) is 0 Å². The minimum Gasteiger partial charge on any atom is -0.326 e. The SMILES string of the molecule is NC(Cn1c2c(ccc1=O)CCC2)C1CCCC1. The fourth-order valence-electron chi connectivity index (χ4n) is 3.58. The third kappa shape index (κ3) is 2.12. The third-order valence-electron chi connectivity index (χ3n) is 4.65. The Morgan fingerprint density at radius 2 is 2.00 bits per heavy atom. The van der Waals surface area contributed by atoms with Crippen LogP contribution in [0.2, 0.25) is 0 Å². The van der Waals surface area contributed by atoms with Gasteiger partial charge >= 0.3 is 0 Å². The maximum Gasteiger partial charge on any atom is 0.250 e. The molecule has 18 heavy (non-hydrogen) atoms. The van der Waals surface area contributed by atoms with Crippen molar-refractivity contribution >= 4 is 0 Å². The summed E-state index contributed by atoms with van der Waals surface area (Å²) in [7, 11) is 0. The standard InChI is InChI=1S/C15H22N2O/c16-13(11-4-1-2-5-11)10-17-14-7-3-6-12(14)8-9-15(17)18/h8-9,11,13H,1-7,10,16H2. The van der Waals surface area contributed by atoms with Crippen LogP contribution in [0.1, 0.15) is 43.4 Å². The van der Waals surface area contributed by atoms with E-state index in [-0.39, 0.29) is 11.6 Å². The molecule has 0 bridgehead atoms. The van der Waals surface area contributed by atoms with Crippen molar-refractivity contribution < 1.29 is 0 Å². The predicted octanol–water partition coefficient (Wildman–Crippen LogP) is 1.85. The Labute approximate surface area is 108 Å². The van der Waals surface area contributed by atoms with E-state index in [4.69, 9.17) is 5.73 Å². The van der Waals surface area contributed by atoms with Gasteiger partial charge in [0.1, 0.15) is 0 Å². The topological polar surface area (TPSA) is 48.0 Å². The molecule has 1 heterocycles. The lowest BCUT2D eigenvalue weighted by molar-refractivity contribution is 0.379. The molecule has 0 saturated heterocycles. The van der Waals surface area contributed by atoms with Gasteiger partial charge in [-0.15, -0.1) is 0 Å². The Hall–Kier alpha value is -1.09. The lowest BCUT2D eigenvalue weighted by Crippen LogP contribution is -2.37. The smallest absolute Gasteiger partial charge is 0.250 e. The van der Waals surface area contributed by atoms with Gasteiger partial charge in [0.2, 0.25) is 0 Å². The van der Waals surface area contributed by atoms with Gasteiger partial charge in [0.15, 0.2) is 0 Å². The first-order chi connectivity index (χ1) is 8.75. The first kappa shape index (κ1) is 12.0. The largest absolute Gasteiger partial charge is 0.326 e. The zero-order valence-corrected chi connectivity index (χ0v) is 10.9. The fourth-order valence-corrected chi connectivity index (χ4v) is 3.58. The first-order valence-corrected chi connectivity index (χ1v) is 7.23. The highest BCUT2D eigenvalue weighted by Crippen LogP contribution is 2.28. The number of aromatic nitrogens is 1. The van der Waals surface area contributed by atoms with Gasteiger partial charge in [0.05, 0.1) is 0 Å². The molecule has 0 amide bonds. The van der Waals surface area contributed by atoms with E-state index in [0.29, 0.717) is 12.5 Å². The van der Waals surface area contributed by atoms with E-state index in [2.05, 4.69) is 0 Å². The molecule has 2 aliphatic carbocycles. The highest BCUT2D eigenvalue weighted by Gasteiger charge is 2.24. The van der Waals surface area contributed by atoms with E-state index in [1.54, 1.807) is 6.07 Å². The summed E-state index contributed by atoms with van der Waals surface area (Å²) in [5.41, 5.74) is 9.04. The summed E-state index contributed by atoms with van der Waals surface area (Å²) in [6.07, 6.45) is 8.44. The summed E-state index contributed by atoms with van der Waals surface area (Å²) >= 11 is 0. The lowest BCUT2D eigenvalue weighted by Gasteiger charge is -2.21. The van der Waals surface area contributed by atoms with Crippen LogP contribution < -0.4 is 11.3 Å². The maximum atomic E-state index is 12.0. The van der Waals surface area contributed by atoms with Crippen molar-refractivity contribution in [1.82, 2.24) is 4.57 Å². The molecule has 0 aromatic carbocycles. The number of rotatable bonds is 3. The molecule has 0 spiro atoms. The number of hydrogen-bond donors (Lipinski definition) is 1. The second-order valence-electron chi connectivity index (χ2n) is 5.82. The molecule has 0 aliphatic heterocycles. The number of fused-ring (bicyclic) bond motifs is 1. The van der Waals surface area contributed by atoms with Crippen LogP contribution in [0.25, 0.3) is 0 Å². The average Bonchev–Trinajstić information content (AvgIpc) is 3.02. The Morgan fingerprint density at radius 1 is 1.22 bits per heavy atom. The van der Waals surface area contributed by atoms with Crippen molar-refractivity contribution in [3.63, 3.8) is 0 Å². The quantitative estimate of drug-likeness (QED) is 0.885. The zero-order valence-electron chi connectivity index (χ0n) is 10.9. The molecule has 1 aromatic rings. The lowest BCUT2D eigenvalue weighted by atomic mass is 9.98. The molecule has 98 valence electrons. The monoisotopic (exact) mass is 246 g/mol. The highest BCUT2D eigenvalue weighted by molar-refractivity contribution is 5.25. The predicted molar refractivity (Wildman–Crippen MR) is 72.7 cm³/mol. The Balaban J connectivity index is 1.84. The van der Waals surface area contributed by atoms with E-state index in [9.17, 15) is 4.79 Å². The van der Waals surface area contributed by atoms with Crippen LogP contribution in [0.15, 0.2) is 16.9 Å². The molecule has 2 aliphatic rings. The molecule has 0 radical (unpaired) electrons. The second kappa shape index (κ2) is 4.88. The molecular weight excluding hydrogens is 224 g/mol. The van der Waals surface area contributed by atoms with E-state index < -0.39 is 0 Å². The number of pyridine rings is 1. The van der Waals surface area contributed by atoms with Crippen LogP contribution in [0.4, 0.5) is 0 Å². The second-order valence-corrected chi connectivity index (χ2v) is 5.82. The molecule has 1 atom stereocenters. The van der Waals surface area contributed by atoms with Gasteiger partial charge < -0.3 is 10.3 Å². The minimum atomic E-state index is 0.129. The van der Waals surface area contributed by atoms with Crippen molar-refractivity contribution in [3.05, 3.63) is 33.7 Å². The van der Waals surface area contributed by atoms with Crippen LogP contribution in [-0.2, 0) is 19.4 Å². The van der Waals surface area contributed by atoms with Gasteiger partial charge in [-0.3, -0.25) is 4.79 Å². The third-order valence-corrected chi connectivity index (χ3v) is 4.65. The first-order valence-electron chi connectivity index (χ1n) is 7.23. The number of hydrogen-bond acceptors (Lipinski definition) is 2. The molecule has 3 rings (SSSR count). The molecule has 3 nitrogen and oxygen atoms in total. The van der Waals surface area contributed by atoms with Crippen LogP contribution in [0, 0.1) is 5.92 Å². The number of nitrogens with zero attached hydrogens (tertiary/aromatic N) is 1. The summed E-state index contributed by atoms with van der Waals surface area (Å²) < 4.78 is 1.95. The molecule has 1 fully saturated rings. The summed E-state index contributed by atoms with van der Waals surface area (Å²) in [6, 6.07) is 3.87. The fraction of sp³-hybridized carbons (Fsp3) is 0.667. The van der Waals surface area contributed by atoms with E-state index in [0.717, 1.165) is 12.8 Å². The summed E-state index contributed by atoms with van der Waals surface area (Å²) in [4.78, 5) is 12.0. The van der Waals surface area contributed by atoms with Crippen molar-refractivity contribution in [2.45, 2.75) is 57.5 Å². The Kier molecular flexibility index (Phi) is 3.25. The van der Waals surface area contributed by atoms with Crippen LogP contribution >= 0.6 is 0 Å². The van der Waals surface area contributed by atoms with E-state index in [1.165, 1.54) is 43.4 Å². The van der Waals surface area contributed by atoms with Gasteiger partial charge in [-0.05, 0) is 43.6 Å². The number of nitrogens with two attached hydrogens (primary N) is 1.